The summed E-state index contributed by atoms with van der Waals surface area (Å²) in [6.45, 7) is 0. The molecular formula is C17H12BrN3O3. The van der Waals surface area contributed by atoms with Gasteiger partial charge in [-0.1, -0.05) is 34.1 Å². The predicted octanol–water partition coefficient (Wildman–Crippen LogP) is 2.95. The normalized spacial score (nSPS) is 10.4. The Morgan fingerprint density at radius 1 is 1.08 bits per heavy atom. The second-order valence-corrected chi connectivity index (χ2v) is 5.84. The Morgan fingerprint density at radius 3 is 2.42 bits per heavy atom. The number of aromatic nitrogens is 2. The van der Waals surface area contributed by atoms with E-state index in [4.69, 9.17) is 0 Å². The van der Waals surface area contributed by atoms with E-state index >= 15 is 0 Å². The first-order valence-electron chi connectivity index (χ1n) is 7.00. The first kappa shape index (κ1) is 15.9. The Morgan fingerprint density at radius 2 is 1.75 bits per heavy atom. The molecule has 0 spiro atoms. The van der Waals surface area contributed by atoms with E-state index in [-0.39, 0.29) is 5.69 Å². The summed E-state index contributed by atoms with van der Waals surface area (Å²) in [7, 11) is 0. The van der Waals surface area contributed by atoms with Crippen LogP contribution >= 0.6 is 15.9 Å². The maximum absolute atomic E-state index is 12.3. The second-order valence-electron chi connectivity index (χ2n) is 4.92. The van der Waals surface area contributed by atoms with Gasteiger partial charge in [-0.2, -0.15) is 9.78 Å². The molecule has 6 nitrogen and oxygen atoms in total. The molecular weight excluding hydrogens is 374 g/mol. The van der Waals surface area contributed by atoms with Gasteiger partial charge in [-0.15, -0.1) is 0 Å². The Labute approximate surface area is 145 Å². The summed E-state index contributed by atoms with van der Waals surface area (Å²) in [6, 6.07) is 16.6. The third kappa shape index (κ3) is 3.36. The number of aromatic hydroxyl groups is 1. The molecule has 0 aliphatic rings. The number of anilines is 1. The lowest BCUT2D eigenvalue weighted by Crippen LogP contribution is -2.25. The fourth-order valence-electron chi connectivity index (χ4n) is 2.09. The highest BCUT2D eigenvalue weighted by Gasteiger charge is 2.17. The number of carbonyl (C=O) groups is 1. The highest BCUT2D eigenvalue weighted by atomic mass is 79.9. The predicted molar refractivity (Wildman–Crippen MR) is 93.6 cm³/mol. The number of benzene rings is 2. The molecule has 7 heteroatoms. The van der Waals surface area contributed by atoms with Crippen molar-refractivity contribution in [2.45, 2.75) is 0 Å². The van der Waals surface area contributed by atoms with Crippen molar-refractivity contribution in [2.75, 3.05) is 5.32 Å². The van der Waals surface area contributed by atoms with Crippen LogP contribution in [0.4, 0.5) is 5.69 Å². The fourth-order valence-corrected chi connectivity index (χ4v) is 2.35. The monoisotopic (exact) mass is 385 g/mol. The molecule has 120 valence electrons. The van der Waals surface area contributed by atoms with Crippen LogP contribution in [0.25, 0.3) is 5.69 Å². The van der Waals surface area contributed by atoms with Crippen LogP contribution in [-0.4, -0.2) is 20.8 Å². The first-order valence-corrected chi connectivity index (χ1v) is 7.79. The number of rotatable bonds is 3. The third-order valence-corrected chi connectivity index (χ3v) is 3.76. The number of nitrogens with one attached hydrogen (secondary N) is 1. The molecule has 0 saturated heterocycles. The van der Waals surface area contributed by atoms with Gasteiger partial charge in [0.25, 0.3) is 11.5 Å². The Kier molecular flexibility index (Phi) is 4.43. The van der Waals surface area contributed by atoms with Gasteiger partial charge in [-0.3, -0.25) is 9.59 Å². The smallest absolute Gasteiger partial charge is 0.279 e. The van der Waals surface area contributed by atoms with Crippen LogP contribution in [-0.2, 0) is 0 Å². The fraction of sp³-hybridized carbons (Fsp3) is 0. The minimum atomic E-state index is -0.607. The molecule has 0 aliphatic heterocycles. The van der Waals surface area contributed by atoms with Crippen LogP contribution in [0.1, 0.15) is 10.5 Å². The van der Waals surface area contributed by atoms with Gasteiger partial charge in [0.2, 0.25) is 0 Å². The van der Waals surface area contributed by atoms with Gasteiger partial charge in [0.05, 0.1) is 5.69 Å². The quantitative estimate of drug-likeness (QED) is 0.725. The largest absolute Gasteiger partial charge is 0.505 e. The van der Waals surface area contributed by atoms with Crippen LogP contribution in [0.2, 0.25) is 0 Å². The minimum absolute atomic E-state index is 0.235. The summed E-state index contributed by atoms with van der Waals surface area (Å²) in [4.78, 5) is 24.4. The molecule has 0 radical (unpaired) electrons. The van der Waals surface area contributed by atoms with E-state index in [0.29, 0.717) is 11.4 Å². The number of carbonyl (C=O) groups excluding carboxylic acids is 1. The average Bonchev–Trinajstić information content (AvgIpc) is 2.57. The van der Waals surface area contributed by atoms with E-state index in [1.807, 2.05) is 6.07 Å². The van der Waals surface area contributed by atoms with Crippen molar-refractivity contribution in [1.82, 2.24) is 9.78 Å². The zero-order valence-corrected chi connectivity index (χ0v) is 13.9. The molecule has 0 aliphatic carbocycles. The number of nitrogens with zero attached hydrogens (tertiary/aromatic N) is 2. The molecule has 0 unspecified atom stereocenters. The van der Waals surface area contributed by atoms with Crippen LogP contribution in [0.15, 0.2) is 69.9 Å². The summed E-state index contributed by atoms with van der Waals surface area (Å²) in [5, 5.41) is 16.5. The lowest BCUT2D eigenvalue weighted by molar-refractivity contribution is 0.101. The molecule has 0 atom stereocenters. The number of amides is 1. The van der Waals surface area contributed by atoms with E-state index in [2.05, 4.69) is 26.3 Å². The first-order chi connectivity index (χ1) is 11.5. The van der Waals surface area contributed by atoms with Gasteiger partial charge in [0.1, 0.15) is 0 Å². The molecule has 2 aromatic carbocycles. The van der Waals surface area contributed by atoms with Gasteiger partial charge in [0, 0.05) is 16.2 Å². The van der Waals surface area contributed by atoms with Crippen molar-refractivity contribution in [3.63, 3.8) is 0 Å². The summed E-state index contributed by atoms with van der Waals surface area (Å²) in [6.07, 6.45) is 0. The standard InChI is InChI=1S/C17H12BrN3O3/c18-11-6-8-13(9-7-11)21-15(23)10-14(22)16(20-21)17(24)19-12-4-2-1-3-5-12/h1-10,22H,(H,19,24). The Hall–Kier alpha value is -2.93. The van der Waals surface area contributed by atoms with Gasteiger partial charge in [-0.25, -0.2) is 0 Å². The van der Waals surface area contributed by atoms with Crippen molar-refractivity contribution in [3.8, 4) is 11.4 Å². The van der Waals surface area contributed by atoms with Crippen LogP contribution in [0, 0.1) is 0 Å². The maximum atomic E-state index is 12.3. The van der Waals surface area contributed by atoms with E-state index in [9.17, 15) is 14.7 Å². The summed E-state index contributed by atoms with van der Waals surface area (Å²) in [5.41, 5.74) is 0.273. The molecule has 2 N–H and O–H groups in total. The second kappa shape index (κ2) is 6.67. The van der Waals surface area contributed by atoms with Crippen molar-refractivity contribution < 1.29 is 9.90 Å². The molecule has 24 heavy (non-hydrogen) atoms. The van der Waals surface area contributed by atoms with E-state index in [1.54, 1.807) is 48.5 Å². The van der Waals surface area contributed by atoms with E-state index < -0.39 is 17.2 Å². The number of hydrogen-bond donors (Lipinski definition) is 2. The number of hydrogen-bond acceptors (Lipinski definition) is 4. The summed E-state index contributed by atoms with van der Waals surface area (Å²) in [5.74, 6) is -1.08. The van der Waals surface area contributed by atoms with Crippen molar-refractivity contribution in [3.05, 3.63) is 81.2 Å². The van der Waals surface area contributed by atoms with Gasteiger partial charge >= 0.3 is 0 Å². The number of halogens is 1. The molecule has 1 amide bonds. The van der Waals surface area contributed by atoms with E-state index in [0.717, 1.165) is 15.2 Å². The molecule has 1 heterocycles. The van der Waals surface area contributed by atoms with Crippen LogP contribution in [0.5, 0.6) is 5.75 Å². The molecule has 0 fully saturated rings. The minimum Gasteiger partial charge on any atom is -0.505 e. The molecule has 1 aromatic heterocycles. The van der Waals surface area contributed by atoms with E-state index in [1.165, 1.54) is 0 Å². The van der Waals surface area contributed by atoms with Gasteiger partial charge < -0.3 is 10.4 Å². The third-order valence-electron chi connectivity index (χ3n) is 3.23. The topological polar surface area (TPSA) is 84.2 Å². The maximum Gasteiger partial charge on any atom is 0.279 e. The summed E-state index contributed by atoms with van der Waals surface area (Å²) < 4.78 is 1.91. The molecule has 3 rings (SSSR count). The van der Waals surface area contributed by atoms with Crippen molar-refractivity contribution >= 4 is 27.5 Å². The van der Waals surface area contributed by atoms with Gasteiger partial charge in [0.15, 0.2) is 11.4 Å². The zero-order valence-electron chi connectivity index (χ0n) is 12.3. The van der Waals surface area contributed by atoms with Crippen LogP contribution < -0.4 is 10.9 Å². The average molecular weight is 386 g/mol. The lowest BCUT2D eigenvalue weighted by atomic mass is 10.3. The molecule has 0 saturated carbocycles. The zero-order chi connectivity index (χ0) is 17.1. The molecule has 3 aromatic rings. The Balaban J connectivity index is 1.99. The highest BCUT2D eigenvalue weighted by Crippen LogP contribution is 2.16. The summed E-state index contributed by atoms with van der Waals surface area (Å²) >= 11 is 3.31. The van der Waals surface area contributed by atoms with Crippen molar-refractivity contribution in [1.29, 1.82) is 0 Å². The Bertz CT molecular complexity index is 938. The van der Waals surface area contributed by atoms with Gasteiger partial charge in [-0.05, 0) is 36.4 Å². The SMILES string of the molecule is O=C(Nc1ccccc1)c1nn(-c2ccc(Br)cc2)c(=O)cc1O. The lowest BCUT2D eigenvalue weighted by Gasteiger charge is -2.09. The van der Waals surface area contributed by atoms with Crippen LogP contribution in [0.3, 0.4) is 0 Å². The molecule has 0 bridgehead atoms. The number of para-hydroxylation sites is 1. The highest BCUT2D eigenvalue weighted by molar-refractivity contribution is 9.10. The van der Waals surface area contributed by atoms with Crippen molar-refractivity contribution in [2.24, 2.45) is 0 Å².